The summed E-state index contributed by atoms with van der Waals surface area (Å²) < 4.78 is 0. The summed E-state index contributed by atoms with van der Waals surface area (Å²) in [4.78, 5) is 2.46. The van der Waals surface area contributed by atoms with E-state index in [4.69, 9.17) is 0 Å². The maximum absolute atomic E-state index is 9.48. The smallest absolute Gasteiger partial charge is 0.0564 e. The molecule has 1 aliphatic rings. The Morgan fingerprint density at radius 3 is 2.48 bits per heavy atom. The minimum atomic E-state index is -0.0619. The molecule has 0 atom stereocenters. The van der Waals surface area contributed by atoms with Crippen LogP contribution in [0.5, 0.6) is 0 Å². The largest absolute Gasteiger partial charge is 0.393 e. The van der Waals surface area contributed by atoms with Gasteiger partial charge in [0.25, 0.3) is 0 Å². The van der Waals surface area contributed by atoms with E-state index in [1.807, 2.05) is 0 Å². The second-order valence-electron chi connectivity index (χ2n) is 6.50. The first-order chi connectivity index (χ1) is 10.1. The number of aliphatic hydroxyl groups is 1. The Bertz CT molecular complexity index is 394. The molecule has 1 aromatic carbocycles. The first kappa shape index (κ1) is 16.5. The lowest BCUT2D eigenvalue weighted by Gasteiger charge is -2.29. The second kappa shape index (κ2) is 8.52. The van der Waals surface area contributed by atoms with E-state index in [-0.39, 0.29) is 6.10 Å². The van der Waals surface area contributed by atoms with E-state index in [2.05, 4.69) is 48.3 Å². The van der Waals surface area contributed by atoms with Crippen LogP contribution in [0, 0.1) is 0 Å². The maximum Gasteiger partial charge on any atom is 0.0564 e. The van der Waals surface area contributed by atoms with Crippen molar-refractivity contribution in [1.82, 2.24) is 10.2 Å². The molecule has 0 aliphatic carbocycles. The number of hydrogen-bond donors (Lipinski definition) is 2. The molecule has 0 bridgehead atoms. The molecule has 0 saturated carbocycles. The van der Waals surface area contributed by atoms with Crippen LogP contribution < -0.4 is 5.32 Å². The molecule has 2 N–H and O–H groups in total. The monoisotopic (exact) mass is 290 g/mol. The number of hydrogen-bond acceptors (Lipinski definition) is 3. The first-order valence-electron chi connectivity index (χ1n) is 8.35. The third kappa shape index (κ3) is 5.77. The van der Waals surface area contributed by atoms with E-state index in [1.54, 1.807) is 0 Å². The van der Waals surface area contributed by atoms with Crippen molar-refractivity contribution in [2.45, 2.75) is 51.7 Å². The summed E-state index contributed by atoms with van der Waals surface area (Å²) in [5.74, 6) is 0.607. The summed E-state index contributed by atoms with van der Waals surface area (Å²) in [6, 6.07) is 8.93. The fourth-order valence-corrected chi connectivity index (χ4v) is 2.82. The van der Waals surface area contributed by atoms with Crippen LogP contribution in [0.15, 0.2) is 24.3 Å². The lowest BCUT2D eigenvalue weighted by Crippen LogP contribution is -2.37. The SMILES string of the molecule is CC(C)c1ccc(CNCCCN2CCC(O)CC2)cc1. The van der Waals surface area contributed by atoms with Crippen molar-refractivity contribution in [1.29, 1.82) is 0 Å². The molecule has 0 spiro atoms. The molecule has 0 radical (unpaired) electrons. The Morgan fingerprint density at radius 1 is 1.19 bits per heavy atom. The highest BCUT2D eigenvalue weighted by atomic mass is 16.3. The molecular weight excluding hydrogens is 260 g/mol. The summed E-state index contributed by atoms with van der Waals surface area (Å²) in [5.41, 5.74) is 2.77. The van der Waals surface area contributed by atoms with Crippen LogP contribution in [0.4, 0.5) is 0 Å². The van der Waals surface area contributed by atoms with Gasteiger partial charge >= 0.3 is 0 Å². The quantitative estimate of drug-likeness (QED) is 0.758. The number of benzene rings is 1. The van der Waals surface area contributed by atoms with Gasteiger partial charge in [0, 0.05) is 19.6 Å². The predicted molar refractivity (Wildman–Crippen MR) is 88.5 cm³/mol. The summed E-state index contributed by atoms with van der Waals surface area (Å²) in [6.07, 6.45) is 3.00. The Balaban J connectivity index is 1.57. The molecular formula is C18H30N2O. The topological polar surface area (TPSA) is 35.5 Å². The van der Waals surface area contributed by atoms with E-state index < -0.39 is 0 Å². The van der Waals surface area contributed by atoms with Crippen LogP contribution in [0.25, 0.3) is 0 Å². The van der Waals surface area contributed by atoms with E-state index in [0.29, 0.717) is 5.92 Å². The van der Waals surface area contributed by atoms with Crippen LogP contribution in [0.3, 0.4) is 0 Å². The number of piperidine rings is 1. The molecule has 3 heteroatoms. The highest BCUT2D eigenvalue weighted by Gasteiger charge is 2.15. The summed E-state index contributed by atoms with van der Waals surface area (Å²) in [5, 5.41) is 13.0. The van der Waals surface area contributed by atoms with Crippen molar-refractivity contribution in [2.24, 2.45) is 0 Å². The van der Waals surface area contributed by atoms with Gasteiger partial charge in [-0.1, -0.05) is 38.1 Å². The molecule has 0 unspecified atom stereocenters. The van der Waals surface area contributed by atoms with E-state index in [1.165, 1.54) is 17.5 Å². The number of rotatable bonds is 7. The van der Waals surface area contributed by atoms with Crippen molar-refractivity contribution in [3.8, 4) is 0 Å². The Labute approximate surface area is 129 Å². The van der Waals surface area contributed by atoms with Crippen molar-refractivity contribution >= 4 is 0 Å². The average Bonchev–Trinajstić information content (AvgIpc) is 2.49. The summed E-state index contributed by atoms with van der Waals surface area (Å²) in [6.45, 7) is 9.73. The molecule has 21 heavy (non-hydrogen) atoms. The van der Waals surface area contributed by atoms with E-state index in [9.17, 15) is 5.11 Å². The predicted octanol–water partition coefficient (Wildman–Crippen LogP) is 2.75. The van der Waals surface area contributed by atoms with Gasteiger partial charge in [-0.05, 0) is 49.4 Å². The minimum absolute atomic E-state index is 0.0619. The van der Waals surface area contributed by atoms with Gasteiger partial charge in [0.2, 0.25) is 0 Å². The van der Waals surface area contributed by atoms with Crippen LogP contribution in [0.2, 0.25) is 0 Å². The third-order valence-corrected chi connectivity index (χ3v) is 4.36. The molecule has 1 saturated heterocycles. The van der Waals surface area contributed by atoms with Crippen molar-refractivity contribution < 1.29 is 5.11 Å². The van der Waals surface area contributed by atoms with Gasteiger partial charge in [0.05, 0.1) is 6.10 Å². The third-order valence-electron chi connectivity index (χ3n) is 4.36. The number of nitrogens with zero attached hydrogens (tertiary/aromatic N) is 1. The Morgan fingerprint density at radius 2 is 1.86 bits per heavy atom. The molecule has 1 heterocycles. The Kier molecular flexibility index (Phi) is 6.68. The zero-order valence-electron chi connectivity index (χ0n) is 13.5. The first-order valence-corrected chi connectivity index (χ1v) is 8.35. The van der Waals surface area contributed by atoms with Crippen LogP contribution in [-0.4, -0.2) is 42.3 Å². The van der Waals surface area contributed by atoms with Crippen molar-refractivity contribution in [3.05, 3.63) is 35.4 Å². The lowest BCUT2D eigenvalue weighted by molar-refractivity contribution is 0.0821. The van der Waals surface area contributed by atoms with E-state index in [0.717, 1.165) is 45.6 Å². The number of aliphatic hydroxyl groups excluding tert-OH is 1. The van der Waals surface area contributed by atoms with Gasteiger partial charge in [-0.15, -0.1) is 0 Å². The second-order valence-corrected chi connectivity index (χ2v) is 6.50. The van der Waals surface area contributed by atoms with Gasteiger partial charge in [-0.2, -0.15) is 0 Å². The molecule has 1 aromatic rings. The molecule has 0 aromatic heterocycles. The zero-order valence-corrected chi connectivity index (χ0v) is 13.5. The molecule has 0 amide bonds. The maximum atomic E-state index is 9.48. The zero-order chi connectivity index (χ0) is 15.1. The van der Waals surface area contributed by atoms with E-state index >= 15 is 0 Å². The molecule has 1 fully saturated rings. The standard InChI is InChI=1S/C18H30N2O/c1-15(2)17-6-4-16(5-7-17)14-19-10-3-11-20-12-8-18(21)9-13-20/h4-7,15,18-19,21H,3,8-14H2,1-2H3. The van der Waals surface area contributed by atoms with Crippen LogP contribution >= 0.6 is 0 Å². The number of nitrogens with one attached hydrogen (secondary N) is 1. The minimum Gasteiger partial charge on any atom is -0.393 e. The van der Waals surface area contributed by atoms with Crippen LogP contribution in [-0.2, 0) is 6.54 Å². The van der Waals surface area contributed by atoms with Crippen molar-refractivity contribution in [3.63, 3.8) is 0 Å². The van der Waals surface area contributed by atoms with Gasteiger partial charge in [-0.25, -0.2) is 0 Å². The highest BCUT2D eigenvalue weighted by Crippen LogP contribution is 2.14. The average molecular weight is 290 g/mol. The van der Waals surface area contributed by atoms with Gasteiger partial charge in [-0.3, -0.25) is 0 Å². The van der Waals surface area contributed by atoms with Gasteiger partial charge in [0.1, 0.15) is 0 Å². The fraction of sp³-hybridized carbons (Fsp3) is 0.667. The number of likely N-dealkylation sites (tertiary alicyclic amines) is 1. The Hall–Kier alpha value is -0.900. The van der Waals surface area contributed by atoms with Crippen molar-refractivity contribution in [2.75, 3.05) is 26.2 Å². The van der Waals surface area contributed by atoms with Crippen LogP contribution in [0.1, 0.15) is 50.2 Å². The normalized spacial score (nSPS) is 17.5. The molecule has 2 rings (SSSR count). The lowest BCUT2D eigenvalue weighted by atomic mass is 10.0. The fourth-order valence-electron chi connectivity index (χ4n) is 2.82. The molecule has 1 aliphatic heterocycles. The summed E-state index contributed by atoms with van der Waals surface area (Å²) in [7, 11) is 0. The highest BCUT2D eigenvalue weighted by molar-refractivity contribution is 5.24. The molecule has 118 valence electrons. The van der Waals surface area contributed by atoms with Gasteiger partial charge < -0.3 is 15.3 Å². The van der Waals surface area contributed by atoms with Gasteiger partial charge in [0.15, 0.2) is 0 Å². The summed E-state index contributed by atoms with van der Waals surface area (Å²) >= 11 is 0. The molecule has 3 nitrogen and oxygen atoms in total.